The quantitative estimate of drug-likeness (QED) is 0.702. The van der Waals surface area contributed by atoms with Gasteiger partial charge in [-0.1, -0.05) is 46.4 Å². The summed E-state index contributed by atoms with van der Waals surface area (Å²) in [5.74, 6) is 0.636. The summed E-state index contributed by atoms with van der Waals surface area (Å²) in [6, 6.07) is 3.54. The third kappa shape index (κ3) is 1.98. The molecule has 0 radical (unpaired) electrons. The fourth-order valence-corrected chi connectivity index (χ4v) is 2.19. The largest absolute Gasteiger partial charge is 0.465 e. The number of allylic oxidation sites excluding steroid dienone is 5. The molecule has 0 bridgehead atoms. The second-order valence-electron chi connectivity index (χ2n) is 2.83. The van der Waals surface area contributed by atoms with E-state index in [0.29, 0.717) is 21.4 Å². The zero-order valence-corrected chi connectivity index (χ0v) is 10.3. The first-order valence-electron chi connectivity index (χ1n) is 3.98. The van der Waals surface area contributed by atoms with Crippen LogP contribution in [0.15, 0.2) is 48.5 Å². The van der Waals surface area contributed by atoms with Gasteiger partial charge in [0.05, 0.1) is 26.4 Å². The second-order valence-corrected chi connectivity index (χ2v) is 4.34. The molecule has 0 atom stereocenters. The molecule has 1 aromatic rings. The molecule has 1 heterocycles. The van der Waals surface area contributed by atoms with Crippen LogP contribution in [0.1, 0.15) is 5.76 Å². The third-order valence-electron chi connectivity index (χ3n) is 1.88. The van der Waals surface area contributed by atoms with Crippen molar-refractivity contribution in [2.75, 3.05) is 0 Å². The molecule has 1 nitrogen and oxygen atoms in total. The molecule has 1 aliphatic rings. The van der Waals surface area contributed by atoms with E-state index in [9.17, 15) is 0 Å². The summed E-state index contributed by atoms with van der Waals surface area (Å²) in [7, 11) is 0. The van der Waals surface area contributed by atoms with Crippen molar-refractivity contribution in [2.24, 2.45) is 0 Å². The molecular formula is C10H4Cl4O. The van der Waals surface area contributed by atoms with Gasteiger partial charge in [-0.25, -0.2) is 0 Å². The molecule has 0 spiro atoms. The molecule has 78 valence electrons. The van der Waals surface area contributed by atoms with Crippen LogP contribution >= 0.6 is 46.4 Å². The maximum Gasteiger partial charge on any atom is 0.127 e. The summed E-state index contributed by atoms with van der Waals surface area (Å²) in [6.07, 6.45) is 3.24. The fourth-order valence-electron chi connectivity index (χ4n) is 1.17. The topological polar surface area (TPSA) is 13.1 Å². The molecule has 2 rings (SSSR count). The van der Waals surface area contributed by atoms with Crippen molar-refractivity contribution in [3.8, 4) is 0 Å². The number of furan rings is 1. The van der Waals surface area contributed by atoms with Gasteiger partial charge >= 0.3 is 0 Å². The van der Waals surface area contributed by atoms with E-state index < -0.39 is 0 Å². The van der Waals surface area contributed by atoms with Gasteiger partial charge in [0.2, 0.25) is 0 Å². The summed E-state index contributed by atoms with van der Waals surface area (Å²) in [5.41, 5.74) is 0.572. The SMILES string of the molecule is ClC1=C(Cl)C(Cl)=C(Cl)C1=Cc1ccco1. The second kappa shape index (κ2) is 4.26. The van der Waals surface area contributed by atoms with Crippen molar-refractivity contribution in [3.63, 3.8) is 0 Å². The Morgan fingerprint density at radius 1 is 0.933 bits per heavy atom. The third-order valence-corrected chi connectivity index (χ3v) is 3.71. The van der Waals surface area contributed by atoms with Gasteiger partial charge in [0, 0.05) is 5.57 Å². The smallest absolute Gasteiger partial charge is 0.127 e. The van der Waals surface area contributed by atoms with E-state index in [1.54, 1.807) is 24.5 Å². The van der Waals surface area contributed by atoms with Crippen LogP contribution in [0.3, 0.4) is 0 Å². The van der Waals surface area contributed by atoms with Crippen molar-refractivity contribution in [1.82, 2.24) is 0 Å². The van der Waals surface area contributed by atoms with Gasteiger partial charge in [-0.15, -0.1) is 0 Å². The lowest BCUT2D eigenvalue weighted by Crippen LogP contribution is -1.78. The Balaban J connectivity index is 2.49. The van der Waals surface area contributed by atoms with E-state index in [2.05, 4.69) is 0 Å². The van der Waals surface area contributed by atoms with E-state index in [1.807, 2.05) is 0 Å². The summed E-state index contributed by atoms with van der Waals surface area (Å²) >= 11 is 23.6. The first-order chi connectivity index (χ1) is 7.11. The molecule has 1 aromatic heterocycles. The highest BCUT2D eigenvalue weighted by Crippen LogP contribution is 2.45. The normalized spacial score (nSPS) is 16.7. The fraction of sp³-hybridized carbons (Fsp3) is 0. The Morgan fingerprint density at radius 3 is 2.00 bits per heavy atom. The molecule has 0 amide bonds. The van der Waals surface area contributed by atoms with E-state index in [-0.39, 0.29) is 10.1 Å². The molecule has 1 aliphatic carbocycles. The van der Waals surface area contributed by atoms with Crippen LogP contribution in [0.4, 0.5) is 0 Å². The van der Waals surface area contributed by atoms with E-state index in [4.69, 9.17) is 50.8 Å². The monoisotopic (exact) mass is 280 g/mol. The lowest BCUT2D eigenvalue weighted by atomic mass is 10.2. The lowest BCUT2D eigenvalue weighted by molar-refractivity contribution is 0.557. The standard InChI is InChI=1S/C10H4Cl4O/c11-7-6(4-5-2-1-3-15-5)8(12)10(14)9(7)13/h1-4H. The van der Waals surface area contributed by atoms with Crippen LogP contribution in [0.25, 0.3) is 6.08 Å². The average molecular weight is 282 g/mol. The van der Waals surface area contributed by atoms with Crippen LogP contribution in [-0.4, -0.2) is 0 Å². The highest BCUT2D eigenvalue weighted by Gasteiger charge is 2.25. The number of halogens is 4. The van der Waals surface area contributed by atoms with Gasteiger partial charge in [0.1, 0.15) is 5.76 Å². The molecule has 0 aliphatic heterocycles. The zero-order chi connectivity index (χ0) is 11.0. The van der Waals surface area contributed by atoms with Gasteiger partial charge in [0.25, 0.3) is 0 Å². The number of rotatable bonds is 1. The zero-order valence-electron chi connectivity index (χ0n) is 7.23. The van der Waals surface area contributed by atoms with Gasteiger partial charge in [-0.3, -0.25) is 0 Å². The Bertz CT molecular complexity index is 454. The molecule has 0 N–H and O–H groups in total. The van der Waals surface area contributed by atoms with Crippen molar-refractivity contribution < 1.29 is 4.42 Å². The van der Waals surface area contributed by atoms with Gasteiger partial charge in [0.15, 0.2) is 0 Å². The predicted molar refractivity (Wildman–Crippen MR) is 64.1 cm³/mol. The summed E-state index contributed by atoms with van der Waals surface area (Å²) < 4.78 is 5.14. The predicted octanol–water partition coefficient (Wildman–Crippen LogP) is 5.06. The van der Waals surface area contributed by atoms with E-state index in [0.717, 1.165) is 0 Å². The van der Waals surface area contributed by atoms with Crippen LogP contribution in [-0.2, 0) is 0 Å². The molecule has 0 saturated carbocycles. The minimum atomic E-state index is 0.265. The minimum Gasteiger partial charge on any atom is -0.465 e. The van der Waals surface area contributed by atoms with Crippen molar-refractivity contribution in [2.45, 2.75) is 0 Å². The molecule has 5 heteroatoms. The van der Waals surface area contributed by atoms with Crippen LogP contribution in [0.2, 0.25) is 0 Å². The van der Waals surface area contributed by atoms with Crippen LogP contribution < -0.4 is 0 Å². The Labute approximate surface area is 107 Å². The van der Waals surface area contributed by atoms with Gasteiger partial charge in [-0.2, -0.15) is 0 Å². The van der Waals surface area contributed by atoms with Gasteiger partial charge in [-0.05, 0) is 18.2 Å². The summed E-state index contributed by atoms with van der Waals surface area (Å²) in [6.45, 7) is 0. The summed E-state index contributed by atoms with van der Waals surface area (Å²) in [4.78, 5) is 0. The Morgan fingerprint density at radius 2 is 1.53 bits per heavy atom. The maximum atomic E-state index is 5.96. The molecule has 0 unspecified atom stereocenters. The van der Waals surface area contributed by atoms with Crippen molar-refractivity contribution >= 4 is 52.5 Å². The first kappa shape index (κ1) is 11.2. The minimum absolute atomic E-state index is 0.265. The molecule has 0 fully saturated rings. The first-order valence-corrected chi connectivity index (χ1v) is 5.49. The van der Waals surface area contributed by atoms with Crippen molar-refractivity contribution in [3.05, 3.63) is 49.9 Å². The number of hydrogen-bond donors (Lipinski definition) is 0. The Hall–Kier alpha value is -0.340. The van der Waals surface area contributed by atoms with E-state index in [1.165, 1.54) is 0 Å². The molecule has 0 saturated heterocycles. The molecule has 0 aromatic carbocycles. The molecular weight excluding hydrogens is 278 g/mol. The average Bonchev–Trinajstić information content (AvgIpc) is 2.79. The Kier molecular flexibility index (Phi) is 3.17. The molecule has 15 heavy (non-hydrogen) atoms. The van der Waals surface area contributed by atoms with Crippen molar-refractivity contribution in [1.29, 1.82) is 0 Å². The highest BCUT2D eigenvalue weighted by atomic mass is 35.5. The highest BCUT2D eigenvalue weighted by molar-refractivity contribution is 6.55. The number of hydrogen-bond acceptors (Lipinski definition) is 1. The summed E-state index contributed by atoms with van der Waals surface area (Å²) in [5, 5.41) is 1.20. The van der Waals surface area contributed by atoms with Gasteiger partial charge < -0.3 is 4.42 Å². The van der Waals surface area contributed by atoms with Crippen LogP contribution in [0.5, 0.6) is 0 Å². The van der Waals surface area contributed by atoms with Crippen LogP contribution in [0, 0.1) is 0 Å². The lowest BCUT2D eigenvalue weighted by Gasteiger charge is -1.96. The van der Waals surface area contributed by atoms with E-state index >= 15 is 0 Å². The maximum absolute atomic E-state index is 5.96.